The number of aliphatic hydroxyl groups is 1. The Labute approximate surface area is 397 Å². The highest BCUT2D eigenvalue weighted by Crippen LogP contribution is 2.29. The first-order chi connectivity index (χ1) is 32.5. The molecule has 15 nitrogen and oxygen atoms in total. The zero-order valence-electron chi connectivity index (χ0n) is 38.8. The van der Waals surface area contributed by atoms with Crippen LogP contribution in [0.4, 0.5) is 5.82 Å². The number of likely N-dealkylation sites (tertiary alicyclic amines) is 1. The average molecular weight is 934 g/mol. The highest BCUT2D eigenvalue weighted by Gasteiger charge is 2.44. The highest BCUT2D eigenvalue weighted by atomic mass is 32.1. The standard InChI is InChI=1S/C51H63N7O8S/c1-36-46(67-35-56-36)39-15-13-38(14-16-39)31-55-49(61)44-30-43(59)34-58(44)50(62)47(51(2,3)4)57-45(60)18-21-63-23-25-65-27-28-66-26-24-64-22-20-53-48-40(17-12-37-9-6-5-7-10-37)29-42(33-54-48)41-11-8-19-52-32-41/h5-17,19,29,32-33,35,43-44,47,59H,18,20-28,30-31,34H2,1-4H3,(H,53,54)(H,55,61)(H,57,60)/b17-12+/t43-,44+,47-/m1/s1. The van der Waals surface area contributed by atoms with E-state index in [1.54, 1.807) is 17.5 Å². The number of amides is 3. The van der Waals surface area contributed by atoms with Crippen molar-refractivity contribution in [3.05, 3.63) is 119 Å². The topological polar surface area (TPSA) is 186 Å². The fourth-order valence-corrected chi connectivity index (χ4v) is 8.19. The van der Waals surface area contributed by atoms with Crippen LogP contribution in [-0.4, -0.2) is 127 Å². The van der Waals surface area contributed by atoms with Gasteiger partial charge in [0.25, 0.3) is 0 Å². The van der Waals surface area contributed by atoms with Gasteiger partial charge in [0, 0.05) is 67.8 Å². The van der Waals surface area contributed by atoms with E-state index in [0.717, 1.165) is 49.8 Å². The van der Waals surface area contributed by atoms with Gasteiger partial charge in [-0.3, -0.25) is 19.4 Å². The number of thiazole rings is 1. The Morgan fingerprint density at radius 3 is 2.19 bits per heavy atom. The second-order valence-electron chi connectivity index (χ2n) is 17.2. The summed E-state index contributed by atoms with van der Waals surface area (Å²) in [7, 11) is 0. The van der Waals surface area contributed by atoms with Gasteiger partial charge in [-0.1, -0.05) is 93.6 Å². The van der Waals surface area contributed by atoms with Crippen molar-refractivity contribution in [1.82, 2.24) is 30.5 Å². The van der Waals surface area contributed by atoms with Crippen LogP contribution in [0.1, 0.15) is 56.0 Å². The van der Waals surface area contributed by atoms with Crippen molar-refractivity contribution in [3.8, 4) is 21.6 Å². The molecule has 1 aliphatic rings. The Morgan fingerprint density at radius 1 is 0.836 bits per heavy atom. The van der Waals surface area contributed by atoms with E-state index in [2.05, 4.69) is 56.3 Å². The molecule has 4 heterocycles. The number of ether oxygens (including phenoxy) is 4. The average Bonchev–Trinajstić information content (AvgIpc) is 3.95. The molecule has 3 atom stereocenters. The molecule has 0 saturated carbocycles. The minimum Gasteiger partial charge on any atom is -0.391 e. The van der Waals surface area contributed by atoms with Crippen LogP contribution in [0.25, 0.3) is 33.7 Å². The second kappa shape index (κ2) is 25.9. The van der Waals surface area contributed by atoms with E-state index in [1.165, 1.54) is 4.90 Å². The minimum absolute atomic E-state index is 0.000367. The number of rotatable bonds is 25. The predicted molar refractivity (Wildman–Crippen MR) is 261 cm³/mol. The fourth-order valence-electron chi connectivity index (χ4n) is 7.38. The Balaban J connectivity index is 0.816. The summed E-state index contributed by atoms with van der Waals surface area (Å²) in [6.07, 6.45) is 8.82. The molecule has 3 amide bonds. The van der Waals surface area contributed by atoms with E-state index in [9.17, 15) is 19.5 Å². The summed E-state index contributed by atoms with van der Waals surface area (Å²) in [4.78, 5) is 56.1. The second-order valence-corrected chi connectivity index (χ2v) is 18.1. The van der Waals surface area contributed by atoms with E-state index in [4.69, 9.17) is 23.9 Å². The number of hydrogen-bond acceptors (Lipinski definition) is 13. The maximum Gasteiger partial charge on any atom is 0.246 e. The number of anilines is 1. The molecule has 0 aliphatic carbocycles. The number of nitrogens with zero attached hydrogens (tertiary/aromatic N) is 4. The molecule has 0 bridgehead atoms. The van der Waals surface area contributed by atoms with Gasteiger partial charge < -0.3 is 44.9 Å². The molecule has 0 radical (unpaired) electrons. The molecule has 1 fully saturated rings. The van der Waals surface area contributed by atoms with Crippen molar-refractivity contribution in [3.63, 3.8) is 0 Å². The third-order valence-corrected chi connectivity index (χ3v) is 12.0. The number of benzene rings is 2. The summed E-state index contributed by atoms with van der Waals surface area (Å²) < 4.78 is 22.6. The van der Waals surface area contributed by atoms with E-state index < -0.39 is 29.5 Å². The summed E-state index contributed by atoms with van der Waals surface area (Å²) in [6.45, 7) is 11.2. The van der Waals surface area contributed by atoms with Crippen LogP contribution in [0.2, 0.25) is 0 Å². The molecule has 0 spiro atoms. The highest BCUT2D eigenvalue weighted by molar-refractivity contribution is 7.13. The third kappa shape index (κ3) is 15.9. The number of aromatic nitrogens is 3. The van der Waals surface area contributed by atoms with E-state index >= 15 is 0 Å². The zero-order chi connectivity index (χ0) is 47.4. The Kier molecular flexibility index (Phi) is 19.5. The van der Waals surface area contributed by atoms with Crippen molar-refractivity contribution in [2.45, 2.75) is 65.3 Å². The lowest BCUT2D eigenvalue weighted by Crippen LogP contribution is -2.57. The van der Waals surface area contributed by atoms with Crippen LogP contribution < -0.4 is 16.0 Å². The fraction of sp³-hybridized carbons (Fsp3) is 0.412. The Bertz CT molecular complexity index is 2340. The Hall–Kier alpha value is -5.88. The van der Waals surface area contributed by atoms with Crippen molar-refractivity contribution in [2.75, 3.05) is 71.3 Å². The Morgan fingerprint density at radius 2 is 1.54 bits per heavy atom. The van der Waals surface area contributed by atoms with Gasteiger partial charge >= 0.3 is 0 Å². The SMILES string of the molecule is Cc1ncsc1-c1ccc(CNC(=O)[C@@H]2C[C@@H](O)CN2C(=O)[C@@H](NC(=O)CCOCCOCCOCCOCCNc2ncc(-c3cccnc3)cc2/C=C/c2ccccc2)C(C)(C)C)cc1. The van der Waals surface area contributed by atoms with Crippen molar-refractivity contribution < 1.29 is 38.4 Å². The normalized spacial score (nSPS) is 15.4. The lowest BCUT2D eigenvalue weighted by Gasteiger charge is -2.35. The molecule has 2 aromatic carbocycles. The van der Waals surface area contributed by atoms with Gasteiger partial charge in [0.1, 0.15) is 17.9 Å². The number of β-amino-alcohol motifs (C(OH)–C–C–N with tert-alkyl or cyclic N) is 1. The molecule has 1 aliphatic heterocycles. The lowest BCUT2D eigenvalue weighted by atomic mass is 9.85. The van der Waals surface area contributed by atoms with Crippen LogP contribution in [-0.2, 0) is 39.9 Å². The molecule has 4 N–H and O–H groups in total. The van der Waals surface area contributed by atoms with E-state index in [-0.39, 0.29) is 51.0 Å². The monoisotopic (exact) mass is 933 g/mol. The van der Waals surface area contributed by atoms with Gasteiger partial charge in [-0.05, 0) is 41.2 Å². The van der Waals surface area contributed by atoms with Gasteiger partial charge in [-0.25, -0.2) is 9.97 Å². The number of pyridine rings is 2. The summed E-state index contributed by atoms with van der Waals surface area (Å²) in [5, 5.41) is 19.7. The number of aryl methyl sites for hydroxylation is 1. The summed E-state index contributed by atoms with van der Waals surface area (Å²) in [5.74, 6) is -0.366. The summed E-state index contributed by atoms with van der Waals surface area (Å²) >= 11 is 1.58. The first-order valence-corrected chi connectivity index (χ1v) is 23.6. The zero-order valence-corrected chi connectivity index (χ0v) is 39.6. The van der Waals surface area contributed by atoms with Crippen molar-refractivity contribution in [2.24, 2.45) is 5.41 Å². The number of nitrogens with one attached hydrogen (secondary N) is 3. The van der Waals surface area contributed by atoms with Gasteiger partial charge in [0.05, 0.1) is 75.0 Å². The lowest BCUT2D eigenvalue weighted by molar-refractivity contribution is -0.144. The minimum atomic E-state index is -0.922. The van der Waals surface area contributed by atoms with E-state index in [0.29, 0.717) is 46.2 Å². The molecule has 1 saturated heterocycles. The summed E-state index contributed by atoms with van der Waals surface area (Å²) in [6, 6.07) is 22.2. The van der Waals surface area contributed by atoms with Crippen molar-refractivity contribution >= 4 is 47.0 Å². The number of aliphatic hydroxyl groups excluding tert-OH is 1. The number of carbonyl (C=O) groups is 3. The molecule has 16 heteroatoms. The summed E-state index contributed by atoms with van der Waals surface area (Å²) in [5.41, 5.74) is 8.10. The predicted octanol–water partition coefficient (Wildman–Crippen LogP) is 6.42. The first-order valence-electron chi connectivity index (χ1n) is 22.7. The quantitative estimate of drug-likeness (QED) is 0.0472. The van der Waals surface area contributed by atoms with Crippen LogP contribution in [0, 0.1) is 12.3 Å². The molecule has 67 heavy (non-hydrogen) atoms. The molecule has 356 valence electrons. The molecule has 3 aromatic heterocycles. The largest absolute Gasteiger partial charge is 0.391 e. The van der Waals surface area contributed by atoms with Crippen LogP contribution >= 0.6 is 11.3 Å². The van der Waals surface area contributed by atoms with Crippen molar-refractivity contribution in [1.29, 1.82) is 0 Å². The molecule has 0 unspecified atom stereocenters. The first kappa shape index (κ1) is 50.5. The molecular formula is C51H63N7O8S. The third-order valence-electron chi connectivity index (χ3n) is 11.0. The van der Waals surface area contributed by atoms with Gasteiger partial charge in [-0.15, -0.1) is 11.3 Å². The molecular weight excluding hydrogens is 871 g/mol. The smallest absolute Gasteiger partial charge is 0.246 e. The molecule has 5 aromatic rings. The maximum absolute atomic E-state index is 13.9. The van der Waals surface area contributed by atoms with Crippen LogP contribution in [0.5, 0.6) is 0 Å². The van der Waals surface area contributed by atoms with E-state index in [1.807, 2.05) is 100 Å². The molecule has 6 rings (SSSR count). The van der Waals surface area contributed by atoms with Gasteiger partial charge in [-0.2, -0.15) is 0 Å². The van der Waals surface area contributed by atoms with Crippen LogP contribution in [0.15, 0.2) is 96.9 Å². The maximum atomic E-state index is 13.9. The number of carbonyl (C=O) groups excluding carboxylic acids is 3. The van der Waals surface area contributed by atoms with Gasteiger partial charge in [0.15, 0.2) is 0 Å². The van der Waals surface area contributed by atoms with Gasteiger partial charge in [0.2, 0.25) is 17.7 Å². The van der Waals surface area contributed by atoms with Crippen LogP contribution in [0.3, 0.4) is 0 Å². The number of hydrogen-bond donors (Lipinski definition) is 4.